The van der Waals surface area contributed by atoms with Crippen molar-refractivity contribution in [3.05, 3.63) is 52.3 Å². The molecule has 0 spiro atoms. The molecule has 5 nitrogen and oxygen atoms in total. The van der Waals surface area contributed by atoms with E-state index in [-0.39, 0.29) is 11.9 Å². The van der Waals surface area contributed by atoms with Crippen molar-refractivity contribution in [1.82, 2.24) is 14.9 Å². The lowest BCUT2D eigenvalue weighted by Gasteiger charge is -2.36. The van der Waals surface area contributed by atoms with Gasteiger partial charge in [0.15, 0.2) is 5.69 Å². The van der Waals surface area contributed by atoms with Crippen molar-refractivity contribution < 1.29 is 4.79 Å². The van der Waals surface area contributed by atoms with Crippen molar-refractivity contribution in [2.24, 2.45) is 0 Å². The van der Waals surface area contributed by atoms with Crippen molar-refractivity contribution in [2.75, 3.05) is 18.0 Å². The first-order chi connectivity index (χ1) is 13.7. The number of carbonyl (C=O) groups excluding carboxylic acids is 1. The molecule has 5 rings (SSSR count). The number of hydrogen-bond acceptors (Lipinski definition) is 4. The fraction of sp³-hybridized carbons (Fsp3) is 0.500. The van der Waals surface area contributed by atoms with Crippen molar-refractivity contribution in [3.63, 3.8) is 0 Å². The largest absolute Gasteiger partial charge is 0.341 e. The lowest BCUT2D eigenvalue weighted by Crippen LogP contribution is -2.39. The number of halogens is 1. The molecular formula is C22H25ClN4O. The van der Waals surface area contributed by atoms with Gasteiger partial charge in [0.05, 0.1) is 17.3 Å². The smallest absolute Gasteiger partial charge is 0.274 e. The molecule has 1 saturated heterocycles. The predicted molar refractivity (Wildman–Crippen MR) is 110 cm³/mol. The number of fused-ring (bicyclic) bond motifs is 1. The Morgan fingerprint density at radius 3 is 2.68 bits per heavy atom. The van der Waals surface area contributed by atoms with Crippen molar-refractivity contribution in [1.29, 1.82) is 0 Å². The van der Waals surface area contributed by atoms with Crippen LogP contribution in [-0.4, -0.2) is 39.9 Å². The predicted octanol–water partition coefficient (Wildman–Crippen LogP) is 4.41. The van der Waals surface area contributed by atoms with Crippen molar-refractivity contribution in [2.45, 2.75) is 57.0 Å². The normalized spacial score (nSPS) is 21.5. The number of hydrogen-bond donors (Lipinski definition) is 0. The summed E-state index contributed by atoms with van der Waals surface area (Å²) in [4.78, 5) is 26.9. The van der Waals surface area contributed by atoms with Crippen LogP contribution in [0.2, 0.25) is 5.02 Å². The first-order valence-electron chi connectivity index (χ1n) is 10.4. The SMILES string of the molecule is O=C(c1nc(N2CCCC2)ncc1Cl)N(C1CC1)C1CCCc2ccccc21. The molecule has 0 bridgehead atoms. The van der Waals surface area contributed by atoms with E-state index in [1.165, 1.54) is 11.1 Å². The molecule has 2 aliphatic carbocycles. The molecule has 28 heavy (non-hydrogen) atoms. The lowest BCUT2D eigenvalue weighted by atomic mass is 9.86. The molecule has 3 aliphatic rings. The van der Waals surface area contributed by atoms with E-state index in [0.29, 0.717) is 22.7 Å². The van der Waals surface area contributed by atoms with Crippen LogP contribution in [0, 0.1) is 0 Å². The standard InChI is InChI=1S/C22H25ClN4O/c23-18-14-24-22(26-12-3-4-13-26)25-20(18)21(28)27(16-10-11-16)19-9-5-7-15-6-1-2-8-17(15)19/h1-2,6,8,14,16,19H,3-5,7,9-13H2. The van der Waals surface area contributed by atoms with Crippen LogP contribution in [0.3, 0.4) is 0 Å². The molecule has 2 fully saturated rings. The van der Waals surface area contributed by atoms with Crippen LogP contribution in [0.5, 0.6) is 0 Å². The third-order valence-electron chi connectivity index (χ3n) is 6.17. The number of benzene rings is 1. The second-order valence-electron chi connectivity index (χ2n) is 8.11. The zero-order valence-corrected chi connectivity index (χ0v) is 16.7. The van der Waals surface area contributed by atoms with Crippen LogP contribution in [0.1, 0.15) is 66.2 Å². The van der Waals surface area contributed by atoms with E-state index in [1.807, 2.05) is 0 Å². The number of rotatable bonds is 4. The van der Waals surface area contributed by atoms with E-state index >= 15 is 0 Å². The van der Waals surface area contributed by atoms with Crippen LogP contribution < -0.4 is 4.90 Å². The molecule has 2 heterocycles. The fourth-order valence-corrected chi connectivity index (χ4v) is 4.80. The highest BCUT2D eigenvalue weighted by atomic mass is 35.5. The molecule has 6 heteroatoms. The molecule has 1 aliphatic heterocycles. The van der Waals surface area contributed by atoms with Crippen LogP contribution in [0.25, 0.3) is 0 Å². The van der Waals surface area contributed by atoms with Gasteiger partial charge in [-0.25, -0.2) is 9.97 Å². The van der Waals surface area contributed by atoms with Gasteiger partial charge in [0.1, 0.15) is 0 Å². The van der Waals surface area contributed by atoms with Gasteiger partial charge >= 0.3 is 0 Å². The third-order valence-corrected chi connectivity index (χ3v) is 6.45. The average molecular weight is 397 g/mol. The molecule has 1 aromatic carbocycles. The molecule has 0 radical (unpaired) electrons. The highest BCUT2D eigenvalue weighted by molar-refractivity contribution is 6.33. The Labute approximate surface area is 170 Å². The number of carbonyl (C=O) groups is 1. The van der Waals surface area contributed by atoms with E-state index in [9.17, 15) is 4.79 Å². The highest BCUT2D eigenvalue weighted by Gasteiger charge is 2.41. The van der Waals surface area contributed by atoms with Gasteiger partial charge in [-0.3, -0.25) is 4.79 Å². The summed E-state index contributed by atoms with van der Waals surface area (Å²) in [6, 6.07) is 8.96. The van der Waals surface area contributed by atoms with Crippen molar-refractivity contribution >= 4 is 23.5 Å². The van der Waals surface area contributed by atoms with Gasteiger partial charge in [-0.2, -0.15) is 0 Å². The van der Waals surface area contributed by atoms with Crippen LogP contribution in [-0.2, 0) is 6.42 Å². The van der Waals surface area contributed by atoms with Gasteiger partial charge < -0.3 is 9.80 Å². The Balaban J connectivity index is 1.50. The Kier molecular flexibility index (Phi) is 4.71. The molecule has 1 unspecified atom stereocenters. The maximum Gasteiger partial charge on any atom is 0.274 e. The van der Waals surface area contributed by atoms with E-state index in [1.54, 1.807) is 6.20 Å². The van der Waals surface area contributed by atoms with E-state index < -0.39 is 0 Å². The zero-order valence-electron chi connectivity index (χ0n) is 16.0. The quantitative estimate of drug-likeness (QED) is 0.767. The summed E-state index contributed by atoms with van der Waals surface area (Å²) >= 11 is 6.42. The number of nitrogens with zero attached hydrogens (tertiary/aromatic N) is 4. The summed E-state index contributed by atoms with van der Waals surface area (Å²) < 4.78 is 0. The van der Waals surface area contributed by atoms with E-state index in [2.05, 4.69) is 44.0 Å². The van der Waals surface area contributed by atoms with Crippen LogP contribution in [0.15, 0.2) is 30.5 Å². The number of aromatic nitrogens is 2. The maximum absolute atomic E-state index is 13.7. The molecule has 1 aromatic heterocycles. The summed E-state index contributed by atoms with van der Waals surface area (Å²) in [5.41, 5.74) is 3.01. The molecule has 0 N–H and O–H groups in total. The minimum atomic E-state index is -0.0444. The Bertz CT molecular complexity index is 892. The Morgan fingerprint density at radius 2 is 1.89 bits per heavy atom. The highest BCUT2D eigenvalue weighted by Crippen LogP contribution is 2.42. The number of aryl methyl sites for hydroxylation is 1. The summed E-state index contributed by atoms with van der Waals surface area (Å²) in [6.07, 6.45) is 9.20. The van der Waals surface area contributed by atoms with Gasteiger partial charge in [0.25, 0.3) is 5.91 Å². The molecule has 1 amide bonds. The van der Waals surface area contributed by atoms with Gasteiger partial charge in [-0.15, -0.1) is 0 Å². The summed E-state index contributed by atoms with van der Waals surface area (Å²) in [5.74, 6) is 0.585. The minimum absolute atomic E-state index is 0.0444. The van der Waals surface area contributed by atoms with Gasteiger partial charge in [0.2, 0.25) is 5.95 Å². The summed E-state index contributed by atoms with van der Waals surface area (Å²) in [7, 11) is 0. The first-order valence-corrected chi connectivity index (χ1v) is 10.8. The fourth-order valence-electron chi connectivity index (χ4n) is 4.63. The second-order valence-corrected chi connectivity index (χ2v) is 8.52. The number of anilines is 1. The molecular weight excluding hydrogens is 372 g/mol. The summed E-state index contributed by atoms with van der Waals surface area (Å²) in [5, 5.41) is 0.350. The molecule has 1 saturated carbocycles. The second kappa shape index (κ2) is 7.36. The Morgan fingerprint density at radius 1 is 1.11 bits per heavy atom. The minimum Gasteiger partial charge on any atom is -0.341 e. The topological polar surface area (TPSA) is 49.3 Å². The zero-order chi connectivity index (χ0) is 19.1. The molecule has 1 atom stereocenters. The molecule has 2 aromatic rings. The van der Waals surface area contributed by atoms with Gasteiger partial charge in [0, 0.05) is 19.1 Å². The Hall–Kier alpha value is -2.14. The first kappa shape index (κ1) is 17.9. The number of amides is 1. The average Bonchev–Trinajstić information content (AvgIpc) is 3.40. The van der Waals surface area contributed by atoms with Crippen molar-refractivity contribution in [3.8, 4) is 0 Å². The van der Waals surface area contributed by atoms with E-state index in [0.717, 1.165) is 58.0 Å². The lowest BCUT2D eigenvalue weighted by molar-refractivity contribution is 0.0632. The van der Waals surface area contributed by atoms with Crippen LogP contribution >= 0.6 is 11.6 Å². The third kappa shape index (κ3) is 3.26. The monoisotopic (exact) mass is 396 g/mol. The maximum atomic E-state index is 13.7. The van der Waals surface area contributed by atoms with E-state index in [4.69, 9.17) is 11.6 Å². The van der Waals surface area contributed by atoms with Crippen LogP contribution in [0.4, 0.5) is 5.95 Å². The van der Waals surface area contributed by atoms with Gasteiger partial charge in [-0.05, 0) is 56.1 Å². The molecule has 146 valence electrons. The van der Waals surface area contributed by atoms with Gasteiger partial charge in [-0.1, -0.05) is 35.9 Å². The summed E-state index contributed by atoms with van der Waals surface area (Å²) in [6.45, 7) is 1.88.